The Balaban J connectivity index is -0.000000146. The van der Waals surface area contributed by atoms with Gasteiger partial charge < -0.3 is 79.6 Å². The molecule has 0 aliphatic rings. The summed E-state index contributed by atoms with van der Waals surface area (Å²) >= 11 is 0. The molecule has 0 aromatic carbocycles. The molecule has 2 aromatic heterocycles. The molecule has 2 unspecified atom stereocenters. The molecule has 4 N–H and O–H groups in total. The third kappa shape index (κ3) is 28.1. The number of aliphatic carboxylic acids is 6. The van der Waals surface area contributed by atoms with Gasteiger partial charge in [-0.3, -0.25) is 0 Å². The topological polar surface area (TPSA) is 339 Å². The number of hydrogen-bond acceptors (Lipinski definition) is 16. The van der Waals surface area contributed by atoms with Gasteiger partial charge in [-0.15, -0.1) is 0 Å². The Kier molecular flexibility index (Phi) is 28.2. The maximum Gasteiger partial charge on any atom is 2.00 e. The van der Waals surface area contributed by atoms with Gasteiger partial charge in [0.1, 0.15) is 11.2 Å². The second-order valence-corrected chi connectivity index (χ2v) is 7.51. The van der Waals surface area contributed by atoms with Crippen molar-refractivity contribution < 1.29 is 121 Å². The monoisotopic (exact) mass is 731 g/mol. The summed E-state index contributed by atoms with van der Waals surface area (Å²) in [5.41, 5.74) is -3.52. The molecule has 2 rings (SSSR count). The zero-order chi connectivity index (χ0) is 31.5. The van der Waals surface area contributed by atoms with Crippen molar-refractivity contribution in [3.05, 3.63) is 48.6 Å². The summed E-state index contributed by atoms with van der Waals surface area (Å²) in [6, 6.07) is 0. The summed E-state index contributed by atoms with van der Waals surface area (Å²) in [4.78, 5) is 71.9. The normalized spacial score (nSPS) is 12.2. The number of rotatable bonds is 10. The van der Waals surface area contributed by atoms with E-state index in [0.717, 1.165) is 26.0 Å². The van der Waals surface area contributed by atoms with E-state index in [1.54, 1.807) is 12.4 Å². The number of nitrogens with one attached hydrogen (secondary N) is 2. The fraction of sp³-hybridized carbons (Fsp3) is 0.273. The van der Waals surface area contributed by atoms with Crippen molar-refractivity contribution in [1.82, 2.24) is 19.9 Å². The third-order valence-corrected chi connectivity index (χ3v) is 3.68. The quantitative estimate of drug-likeness (QED) is 0.130. The van der Waals surface area contributed by atoms with Crippen LogP contribution < -0.4 is 30.6 Å². The van der Waals surface area contributed by atoms with E-state index in [1.807, 2.05) is 0 Å². The number of aliphatic hydroxyl groups is 2. The van der Waals surface area contributed by atoms with Gasteiger partial charge in [-0.1, -0.05) is 0 Å². The molecule has 235 valence electrons. The number of aromatic nitrogens is 4. The van der Waals surface area contributed by atoms with Gasteiger partial charge in [0.2, 0.25) is 0 Å². The summed E-state index contributed by atoms with van der Waals surface area (Å²) in [5, 5.41) is 76.4. The van der Waals surface area contributed by atoms with Gasteiger partial charge in [-0.2, -0.15) is 0 Å². The molecular weight excluding hydrogens is 709 g/mol. The van der Waals surface area contributed by atoms with Gasteiger partial charge >= 0.3 is 51.2 Å². The molecule has 2 heterocycles. The molecule has 0 bridgehead atoms. The van der Waals surface area contributed by atoms with Crippen LogP contribution in [-0.2, 0) is 80.0 Å². The minimum atomic E-state index is -2.33. The van der Waals surface area contributed by atoms with Crippen molar-refractivity contribution in [2.75, 3.05) is 0 Å². The molecule has 0 aliphatic carbocycles. The van der Waals surface area contributed by atoms with E-state index in [9.17, 15) is 59.4 Å². The number of imidazole rings is 2. The van der Waals surface area contributed by atoms with Crippen molar-refractivity contribution in [1.29, 1.82) is 0 Å². The molecule has 0 saturated carbocycles. The second-order valence-electron chi connectivity index (χ2n) is 7.51. The van der Waals surface area contributed by atoms with Crippen molar-refractivity contribution in [3.8, 4) is 0 Å². The SMILES string of the molecule is CC(O)(CC(=O)[O-])C(=O)[O-].CC(O)(CC(=O)[O-])C(=O)[O-].O=C([O-])C=Cc1c[nH]cn1.O=C([O-])C=Cc1c[nH]cn1.[Mn+2].[Mn+2].[Mn+2]. The molecule has 0 spiro atoms. The molecule has 18 nitrogen and oxygen atoms in total. The number of H-pyrrole nitrogens is 2. The van der Waals surface area contributed by atoms with Gasteiger partial charge in [-0.05, 0) is 38.2 Å². The van der Waals surface area contributed by atoms with E-state index < -0.39 is 59.9 Å². The predicted octanol–water partition coefficient (Wildman–Crippen LogP) is -8.41. The molecule has 43 heavy (non-hydrogen) atoms. The molecule has 21 heteroatoms. The first-order valence-corrected chi connectivity index (χ1v) is 10.3. The zero-order valence-electron chi connectivity index (χ0n) is 21.9. The van der Waals surface area contributed by atoms with E-state index in [0.29, 0.717) is 11.4 Å². The van der Waals surface area contributed by atoms with Gasteiger partial charge in [0.15, 0.2) is 0 Å². The Labute approximate surface area is 274 Å². The van der Waals surface area contributed by atoms with Crippen LogP contribution in [0, 0.1) is 0 Å². The first-order valence-electron chi connectivity index (χ1n) is 10.3. The van der Waals surface area contributed by atoms with Crippen molar-refractivity contribution >= 4 is 48.0 Å². The minimum Gasteiger partial charge on any atom is -0.550 e. The molecule has 0 aliphatic heterocycles. The maximum atomic E-state index is 9.90. The number of aromatic amines is 2. The Hall–Kier alpha value is -3.80. The molecule has 2 aromatic rings. The summed E-state index contributed by atoms with van der Waals surface area (Å²) in [7, 11) is 0. The van der Waals surface area contributed by atoms with Crippen LogP contribution in [0.1, 0.15) is 38.1 Å². The van der Waals surface area contributed by atoms with Crippen LogP contribution in [0.2, 0.25) is 0 Å². The van der Waals surface area contributed by atoms with Crippen LogP contribution in [-0.4, -0.2) is 77.2 Å². The molecular formula is C22H22Mn3N4O14. The Morgan fingerprint density at radius 1 is 0.674 bits per heavy atom. The zero-order valence-corrected chi connectivity index (χ0v) is 25.4. The molecule has 0 saturated heterocycles. The fourth-order valence-electron chi connectivity index (χ4n) is 1.74. The molecule has 3 radical (unpaired) electrons. The Morgan fingerprint density at radius 2 is 0.953 bits per heavy atom. The smallest absolute Gasteiger partial charge is 0.550 e. The number of carbonyl (C=O) groups excluding carboxylic acids is 6. The van der Waals surface area contributed by atoms with E-state index in [4.69, 9.17) is 10.2 Å². The molecule has 2 atom stereocenters. The van der Waals surface area contributed by atoms with Crippen molar-refractivity contribution in [2.24, 2.45) is 0 Å². The second kappa shape index (κ2) is 24.8. The first kappa shape index (κ1) is 48.9. The Morgan fingerprint density at radius 3 is 1.09 bits per heavy atom. The molecule has 0 fully saturated rings. The van der Waals surface area contributed by atoms with E-state index in [1.165, 1.54) is 24.8 Å². The number of carbonyl (C=O) groups is 6. The fourth-order valence-corrected chi connectivity index (χ4v) is 1.74. The standard InChI is InChI=1S/2C6H6N2O2.2C5H8O5.3Mn/c2*9-6(10)2-1-5-3-7-4-8-5;2*1-5(10,4(8)9)2-3(6)7;;;/h2*1-4H,(H,7,8)(H,9,10);2*10H,2H2,1H3,(H,6,7)(H,8,9);;;/q;;;;3*+2/p-6. The maximum absolute atomic E-state index is 9.90. The van der Waals surface area contributed by atoms with Crippen molar-refractivity contribution in [2.45, 2.75) is 37.9 Å². The number of nitrogens with zero attached hydrogens (tertiary/aromatic N) is 2. The molecule has 0 amide bonds. The van der Waals surface area contributed by atoms with Crippen LogP contribution in [0.5, 0.6) is 0 Å². The number of hydrogen-bond donors (Lipinski definition) is 4. The van der Waals surface area contributed by atoms with E-state index in [-0.39, 0.29) is 51.2 Å². The van der Waals surface area contributed by atoms with E-state index >= 15 is 0 Å². The van der Waals surface area contributed by atoms with Gasteiger partial charge in [0.25, 0.3) is 0 Å². The predicted molar refractivity (Wildman–Crippen MR) is 116 cm³/mol. The van der Waals surface area contributed by atoms with Gasteiger partial charge in [0.05, 0.1) is 47.9 Å². The average Bonchev–Trinajstić information content (AvgIpc) is 3.50. The van der Waals surface area contributed by atoms with Crippen molar-refractivity contribution in [3.63, 3.8) is 0 Å². The van der Waals surface area contributed by atoms with Gasteiger partial charge in [-0.25, -0.2) is 9.97 Å². The average molecular weight is 731 g/mol. The number of carboxylic acid groups (broad SMARTS) is 6. The summed E-state index contributed by atoms with van der Waals surface area (Å²) in [6.45, 7) is 1.66. The van der Waals surface area contributed by atoms with Crippen LogP contribution >= 0.6 is 0 Å². The van der Waals surface area contributed by atoms with Crippen LogP contribution in [0.4, 0.5) is 0 Å². The first-order chi connectivity index (χ1) is 18.3. The van der Waals surface area contributed by atoms with Crippen LogP contribution in [0.25, 0.3) is 12.2 Å². The van der Waals surface area contributed by atoms with Gasteiger partial charge in [0, 0.05) is 37.2 Å². The summed E-state index contributed by atoms with van der Waals surface area (Å²) in [5.74, 6) is -9.34. The summed E-state index contributed by atoms with van der Waals surface area (Å²) < 4.78 is 0. The summed E-state index contributed by atoms with van der Waals surface area (Å²) in [6.07, 6.45) is 8.73. The van der Waals surface area contributed by atoms with E-state index in [2.05, 4.69) is 19.9 Å². The largest absolute Gasteiger partial charge is 2.00 e. The number of carboxylic acids is 6. The minimum absolute atomic E-state index is 0. The third-order valence-electron chi connectivity index (χ3n) is 3.68. The van der Waals surface area contributed by atoms with Crippen LogP contribution in [0.15, 0.2) is 37.2 Å². The van der Waals surface area contributed by atoms with Crippen LogP contribution in [0.3, 0.4) is 0 Å². The Bertz CT molecular complexity index is 1090.